The third kappa shape index (κ3) is 5.98. The molecule has 0 N–H and O–H groups in total. The van der Waals surface area contributed by atoms with E-state index in [1.54, 1.807) is 11.0 Å². The molecule has 0 bridgehead atoms. The molecule has 0 aliphatic carbocycles. The van der Waals surface area contributed by atoms with Gasteiger partial charge in [-0.05, 0) is 35.9 Å². The molecule has 0 unspecified atom stereocenters. The van der Waals surface area contributed by atoms with E-state index in [-0.39, 0.29) is 18.8 Å². The number of hydrogen-bond donors (Lipinski definition) is 0. The van der Waals surface area contributed by atoms with E-state index in [1.807, 2.05) is 6.07 Å². The highest BCUT2D eigenvalue weighted by Gasteiger charge is 2.31. The normalized spacial score (nSPS) is 14.9. The Balaban J connectivity index is 1.57. The molecule has 2 aromatic rings. The minimum Gasteiger partial charge on any atom is -0.368 e. The number of nitrogens with zero attached hydrogens (tertiary/aromatic N) is 3. The Hall–Kier alpha value is -3.06. The van der Waals surface area contributed by atoms with Crippen molar-refractivity contribution in [3.8, 4) is 6.07 Å². The number of carbonyl (C=O) groups is 1. The first-order valence-corrected chi connectivity index (χ1v) is 11.3. The Morgan fingerprint density at radius 2 is 1.68 bits per heavy atom. The predicted octanol–water partition coefficient (Wildman–Crippen LogP) is 2.84. The van der Waals surface area contributed by atoms with E-state index in [4.69, 9.17) is 5.26 Å². The van der Waals surface area contributed by atoms with Crippen LogP contribution in [0.3, 0.4) is 0 Å². The van der Waals surface area contributed by atoms with Crippen molar-refractivity contribution in [2.45, 2.75) is 11.9 Å². The average Bonchev–Trinajstić information content (AvgIpc) is 2.73. The second kappa shape index (κ2) is 8.98. The Morgan fingerprint density at radius 1 is 1.03 bits per heavy atom. The number of rotatable bonds is 5. The molecule has 2 aromatic carbocycles. The topological polar surface area (TPSA) is 81.5 Å². The summed E-state index contributed by atoms with van der Waals surface area (Å²) < 4.78 is 63.5. The number of amides is 1. The maximum atomic E-state index is 12.9. The van der Waals surface area contributed by atoms with E-state index < -0.39 is 33.2 Å². The van der Waals surface area contributed by atoms with Crippen molar-refractivity contribution >= 4 is 21.4 Å². The van der Waals surface area contributed by atoms with Crippen LogP contribution in [0, 0.1) is 11.3 Å². The number of hydrogen-bond acceptors (Lipinski definition) is 5. The molecule has 0 aromatic heterocycles. The highest BCUT2D eigenvalue weighted by atomic mass is 32.2. The van der Waals surface area contributed by atoms with Crippen molar-refractivity contribution in [3.63, 3.8) is 0 Å². The van der Waals surface area contributed by atoms with Gasteiger partial charge in [0.15, 0.2) is 9.84 Å². The number of sulfone groups is 1. The third-order valence-electron chi connectivity index (χ3n) is 4.98. The van der Waals surface area contributed by atoms with Crippen LogP contribution in [0.15, 0.2) is 48.5 Å². The molecule has 10 heteroatoms. The molecule has 0 saturated carbocycles. The van der Waals surface area contributed by atoms with Gasteiger partial charge in [0.1, 0.15) is 5.75 Å². The van der Waals surface area contributed by atoms with E-state index in [1.165, 1.54) is 35.2 Å². The van der Waals surface area contributed by atoms with E-state index in [0.717, 1.165) is 12.1 Å². The van der Waals surface area contributed by atoms with Gasteiger partial charge >= 0.3 is 6.18 Å². The monoisotopic (exact) mass is 451 g/mol. The van der Waals surface area contributed by atoms with Gasteiger partial charge in [-0.25, -0.2) is 8.42 Å². The Labute approximate surface area is 178 Å². The van der Waals surface area contributed by atoms with Gasteiger partial charge in [-0.1, -0.05) is 18.2 Å². The maximum absolute atomic E-state index is 12.9. The maximum Gasteiger partial charge on any atom is 0.416 e. The van der Waals surface area contributed by atoms with Gasteiger partial charge in [-0.3, -0.25) is 4.79 Å². The molecule has 3 rings (SSSR count). The first kappa shape index (κ1) is 22.6. The van der Waals surface area contributed by atoms with E-state index >= 15 is 0 Å². The van der Waals surface area contributed by atoms with Crippen molar-refractivity contribution in [3.05, 3.63) is 65.2 Å². The molecule has 164 valence electrons. The van der Waals surface area contributed by atoms with E-state index in [0.29, 0.717) is 29.9 Å². The van der Waals surface area contributed by atoms with Crippen molar-refractivity contribution in [1.29, 1.82) is 5.26 Å². The Bertz CT molecular complexity index is 1090. The predicted molar refractivity (Wildman–Crippen MR) is 109 cm³/mol. The number of benzene rings is 2. The lowest BCUT2D eigenvalue weighted by atomic mass is 10.1. The molecule has 1 aliphatic heterocycles. The first-order valence-electron chi connectivity index (χ1n) is 9.47. The summed E-state index contributed by atoms with van der Waals surface area (Å²) in [7, 11) is -3.70. The van der Waals surface area contributed by atoms with Gasteiger partial charge in [-0.15, -0.1) is 0 Å². The second-order valence-corrected chi connectivity index (χ2v) is 9.32. The second-order valence-electron chi connectivity index (χ2n) is 7.26. The fourth-order valence-corrected chi connectivity index (χ4v) is 4.71. The van der Waals surface area contributed by atoms with Crippen LogP contribution < -0.4 is 4.90 Å². The first-order chi connectivity index (χ1) is 14.6. The lowest BCUT2D eigenvalue weighted by Gasteiger charge is -2.36. The summed E-state index contributed by atoms with van der Waals surface area (Å²) in [6.07, 6.45) is -4.43. The van der Waals surface area contributed by atoms with E-state index in [9.17, 15) is 26.4 Å². The standard InChI is InChI=1S/C21H20F3N3O3S/c22-21(23,24)18-2-1-3-19(12-18)26-8-10-27(11-9-26)20(28)15-31(29,30)14-17-6-4-16(13-25)5-7-17/h1-7,12H,8-11,14-15H2. The van der Waals surface area contributed by atoms with Gasteiger partial charge in [-0.2, -0.15) is 18.4 Å². The summed E-state index contributed by atoms with van der Waals surface area (Å²) in [6.45, 7) is 1.06. The minimum atomic E-state index is -4.43. The van der Waals surface area contributed by atoms with Crippen LogP contribution in [0.5, 0.6) is 0 Å². The molecular weight excluding hydrogens is 431 g/mol. The Morgan fingerprint density at radius 3 is 2.26 bits per heavy atom. The number of anilines is 1. The molecule has 1 saturated heterocycles. The van der Waals surface area contributed by atoms with Crippen LogP contribution in [0.1, 0.15) is 16.7 Å². The lowest BCUT2D eigenvalue weighted by molar-refractivity contribution is -0.137. The quantitative estimate of drug-likeness (QED) is 0.698. The van der Waals surface area contributed by atoms with Crippen LogP contribution in [-0.2, 0) is 26.6 Å². The van der Waals surface area contributed by atoms with Gasteiger partial charge in [0.25, 0.3) is 0 Å². The highest BCUT2D eigenvalue weighted by Crippen LogP contribution is 2.31. The van der Waals surface area contributed by atoms with Crippen LogP contribution in [0.2, 0.25) is 0 Å². The highest BCUT2D eigenvalue weighted by molar-refractivity contribution is 7.91. The molecule has 31 heavy (non-hydrogen) atoms. The van der Waals surface area contributed by atoms with Gasteiger partial charge in [0.2, 0.25) is 5.91 Å². The molecule has 0 spiro atoms. The SMILES string of the molecule is N#Cc1ccc(CS(=O)(=O)CC(=O)N2CCN(c3cccc(C(F)(F)F)c3)CC2)cc1. The summed E-state index contributed by atoms with van der Waals surface area (Å²) in [6, 6.07) is 13.0. The molecule has 1 fully saturated rings. The molecule has 1 amide bonds. The average molecular weight is 451 g/mol. The number of halogens is 3. The number of carbonyl (C=O) groups excluding carboxylic acids is 1. The smallest absolute Gasteiger partial charge is 0.368 e. The lowest BCUT2D eigenvalue weighted by Crippen LogP contribution is -2.50. The van der Waals surface area contributed by atoms with Crippen molar-refractivity contribution in [2.24, 2.45) is 0 Å². The minimum absolute atomic E-state index is 0.224. The van der Waals surface area contributed by atoms with Crippen molar-refractivity contribution in [2.75, 3.05) is 36.8 Å². The van der Waals surface area contributed by atoms with Crippen molar-refractivity contribution < 1.29 is 26.4 Å². The summed E-state index contributed by atoms with van der Waals surface area (Å²) >= 11 is 0. The van der Waals surface area contributed by atoms with Crippen LogP contribution >= 0.6 is 0 Å². The van der Waals surface area contributed by atoms with E-state index in [2.05, 4.69) is 0 Å². The summed E-state index contributed by atoms with van der Waals surface area (Å²) in [5, 5.41) is 8.79. The zero-order chi connectivity index (χ0) is 22.6. The van der Waals surface area contributed by atoms with Crippen molar-refractivity contribution in [1.82, 2.24) is 4.90 Å². The van der Waals surface area contributed by atoms with Crippen LogP contribution in [-0.4, -0.2) is 51.2 Å². The molecule has 1 aliphatic rings. The van der Waals surface area contributed by atoms with Crippen LogP contribution in [0.4, 0.5) is 18.9 Å². The molecular formula is C21H20F3N3O3S. The van der Waals surface area contributed by atoms with Gasteiger partial charge in [0, 0.05) is 31.9 Å². The molecule has 0 radical (unpaired) electrons. The summed E-state index contributed by atoms with van der Waals surface area (Å²) in [5.74, 6) is -1.48. The zero-order valence-electron chi connectivity index (χ0n) is 16.5. The zero-order valence-corrected chi connectivity index (χ0v) is 17.3. The van der Waals surface area contributed by atoms with Gasteiger partial charge in [0.05, 0.1) is 22.9 Å². The molecule has 1 heterocycles. The number of alkyl halides is 3. The third-order valence-corrected chi connectivity index (χ3v) is 6.44. The van der Waals surface area contributed by atoms with Crippen LogP contribution in [0.25, 0.3) is 0 Å². The Kier molecular flexibility index (Phi) is 6.55. The fourth-order valence-electron chi connectivity index (χ4n) is 3.35. The largest absolute Gasteiger partial charge is 0.416 e. The fraction of sp³-hybridized carbons (Fsp3) is 0.333. The number of nitriles is 1. The summed E-state index contributed by atoms with van der Waals surface area (Å²) in [5.41, 5.74) is 0.574. The molecule has 6 nitrogen and oxygen atoms in total. The van der Waals surface area contributed by atoms with Gasteiger partial charge < -0.3 is 9.80 Å². The summed E-state index contributed by atoms with van der Waals surface area (Å²) in [4.78, 5) is 15.6. The number of piperazine rings is 1. The molecule has 0 atom stereocenters.